The number of carbonyl (C=O) groups excluding carboxylic acids is 3. The molecule has 0 heterocycles. The minimum Gasteiger partial charge on any atom is -0.462 e. The zero-order chi connectivity index (χ0) is 34.0. The summed E-state index contributed by atoms with van der Waals surface area (Å²) in [4.78, 5) is 34.5. The van der Waals surface area contributed by atoms with Gasteiger partial charge in [0.15, 0.2) is 0 Å². The van der Waals surface area contributed by atoms with Gasteiger partial charge < -0.3 is 14.2 Å². The molecule has 2 fully saturated rings. The van der Waals surface area contributed by atoms with Crippen molar-refractivity contribution in [3.63, 3.8) is 0 Å². The normalized spacial score (nSPS) is 28.0. The maximum atomic E-state index is 13.6. The van der Waals surface area contributed by atoms with Gasteiger partial charge in [-0.25, -0.2) is 0 Å². The second-order valence-corrected chi connectivity index (χ2v) is 12.1. The van der Waals surface area contributed by atoms with Crippen LogP contribution in [0.1, 0.15) is 79.6 Å². The van der Waals surface area contributed by atoms with Crippen molar-refractivity contribution in [3.05, 3.63) is 47.1 Å². The highest BCUT2D eigenvalue weighted by Gasteiger charge is 2.74. The van der Waals surface area contributed by atoms with E-state index >= 15 is 0 Å². The molecule has 2 saturated carbocycles. The number of allylic oxidation sites excluding steroid dienone is 5. The molecule has 0 amide bonds. The zero-order valence-corrected chi connectivity index (χ0v) is 25.9. The predicted octanol–water partition coefficient (Wildman–Crippen LogP) is 7.65. The summed E-state index contributed by atoms with van der Waals surface area (Å²) in [6.07, 6.45) is -3.85. The molecule has 5 atom stereocenters. The smallest absolute Gasteiger partial charge is 0.450 e. The molecule has 0 saturated heterocycles. The van der Waals surface area contributed by atoms with Gasteiger partial charge in [0.2, 0.25) is 0 Å². The molecule has 3 unspecified atom stereocenters. The molecule has 0 aromatic heterocycles. The molecule has 3 aliphatic carbocycles. The third-order valence-electron chi connectivity index (χ3n) is 8.78. The molecule has 3 rings (SSSR count). The van der Waals surface area contributed by atoms with Crippen LogP contribution in [0, 0.1) is 29.1 Å². The Hall–Kier alpha value is -3.49. The molecule has 6 nitrogen and oxygen atoms in total. The maximum Gasteiger partial charge on any atom is 0.450 e. The van der Waals surface area contributed by atoms with Gasteiger partial charge in [0.1, 0.15) is 12.2 Å². The zero-order valence-electron chi connectivity index (χ0n) is 25.9. The number of halogens is 6. The first-order valence-corrected chi connectivity index (χ1v) is 14.7. The van der Waals surface area contributed by atoms with E-state index in [2.05, 4.69) is 11.3 Å². The second-order valence-electron chi connectivity index (χ2n) is 12.1. The van der Waals surface area contributed by atoms with Crippen LogP contribution in [0.5, 0.6) is 0 Å². The van der Waals surface area contributed by atoms with E-state index in [1.54, 1.807) is 6.92 Å². The summed E-state index contributed by atoms with van der Waals surface area (Å²) in [5.74, 6) is 0.157. The van der Waals surface area contributed by atoms with E-state index in [9.17, 15) is 40.7 Å². The van der Waals surface area contributed by atoms with Crippen molar-refractivity contribution in [3.8, 4) is 11.8 Å². The van der Waals surface area contributed by atoms with E-state index in [1.165, 1.54) is 19.8 Å². The fourth-order valence-electron chi connectivity index (χ4n) is 6.79. The second kappa shape index (κ2) is 13.5. The van der Waals surface area contributed by atoms with Crippen LogP contribution >= 0.6 is 0 Å². The number of ether oxygens (including phenoxy) is 3. The van der Waals surface area contributed by atoms with Gasteiger partial charge in [0.25, 0.3) is 0 Å². The van der Waals surface area contributed by atoms with Crippen LogP contribution in [-0.2, 0) is 28.6 Å². The Balaban J connectivity index is 1.85. The molecule has 3 aliphatic rings. The summed E-state index contributed by atoms with van der Waals surface area (Å²) in [7, 11) is 0. The van der Waals surface area contributed by atoms with Crippen LogP contribution in [0.4, 0.5) is 26.3 Å². The van der Waals surface area contributed by atoms with Crippen molar-refractivity contribution in [1.29, 1.82) is 0 Å². The lowest BCUT2D eigenvalue weighted by atomic mass is 9.62. The summed E-state index contributed by atoms with van der Waals surface area (Å²) in [6, 6.07) is 0. The highest BCUT2D eigenvalue weighted by Crippen LogP contribution is 2.57. The Morgan fingerprint density at radius 1 is 1.04 bits per heavy atom. The van der Waals surface area contributed by atoms with Crippen molar-refractivity contribution < 1.29 is 54.9 Å². The summed E-state index contributed by atoms with van der Waals surface area (Å²) in [5, 5.41) is 0. The molecule has 0 radical (unpaired) electrons. The van der Waals surface area contributed by atoms with Crippen molar-refractivity contribution >= 4 is 17.9 Å². The van der Waals surface area contributed by atoms with Crippen molar-refractivity contribution in [2.45, 2.75) is 110 Å². The first-order valence-electron chi connectivity index (χ1n) is 14.7. The number of rotatable bonds is 6. The Bertz CT molecular complexity index is 1340. The fraction of sp³-hybridized carbons (Fsp3) is 0.606. The van der Waals surface area contributed by atoms with Crippen molar-refractivity contribution in [1.82, 2.24) is 0 Å². The van der Waals surface area contributed by atoms with Crippen LogP contribution < -0.4 is 0 Å². The number of hydrogen-bond acceptors (Lipinski definition) is 6. The van der Waals surface area contributed by atoms with Gasteiger partial charge in [0, 0.05) is 40.0 Å². The number of alkyl halides is 6. The first kappa shape index (κ1) is 36.0. The number of hydrogen-bond donors (Lipinski definition) is 0. The third kappa shape index (κ3) is 7.85. The quantitative estimate of drug-likeness (QED) is 0.0973. The van der Waals surface area contributed by atoms with Crippen molar-refractivity contribution in [2.24, 2.45) is 17.3 Å². The molecule has 248 valence electrons. The molecule has 0 aliphatic heterocycles. The molecule has 0 bridgehead atoms. The lowest BCUT2D eigenvalue weighted by molar-refractivity contribution is -0.345. The standard InChI is InChI=1S/C33H38F6O6/c1-19(9-7-16-31(32(34,35)36,33(37,38)39)45-23(5)42)27-13-14-28-24(10-8-15-30(27,28)6)11-12-25-17-26(43-21(3)40)18-29(20(25)2)44-22(4)41/h11-13,19,26,28-29H,2,8-10,14-15,17-18H2,1,3-6H3/t19?,26?,28?,29-,30+/m0/s1. The predicted molar refractivity (Wildman–Crippen MR) is 152 cm³/mol. The molecule has 12 heteroatoms. The average molecular weight is 645 g/mol. The van der Waals surface area contributed by atoms with E-state index in [0.717, 1.165) is 36.0 Å². The van der Waals surface area contributed by atoms with Crippen LogP contribution in [-0.4, -0.2) is 48.1 Å². The third-order valence-corrected chi connectivity index (χ3v) is 8.78. The van der Waals surface area contributed by atoms with Crippen LogP contribution in [0.25, 0.3) is 0 Å². The van der Waals surface area contributed by atoms with E-state index < -0.39 is 59.4 Å². The van der Waals surface area contributed by atoms with Crippen LogP contribution in [0.3, 0.4) is 0 Å². The summed E-state index contributed by atoms with van der Waals surface area (Å²) in [6.45, 7) is 10.9. The van der Waals surface area contributed by atoms with Gasteiger partial charge >= 0.3 is 35.9 Å². The summed E-state index contributed by atoms with van der Waals surface area (Å²) < 4.78 is 96.2. The Labute approximate surface area is 258 Å². The number of carbonyl (C=O) groups is 3. The lowest BCUT2D eigenvalue weighted by Crippen LogP contribution is -2.58. The molecule has 0 spiro atoms. The van der Waals surface area contributed by atoms with Gasteiger partial charge in [-0.1, -0.05) is 55.7 Å². The minimum absolute atomic E-state index is 0.0457. The Morgan fingerprint density at radius 3 is 2.22 bits per heavy atom. The van der Waals surface area contributed by atoms with E-state index in [4.69, 9.17) is 9.47 Å². The molecule has 0 aromatic carbocycles. The van der Waals surface area contributed by atoms with Crippen LogP contribution in [0.2, 0.25) is 0 Å². The monoisotopic (exact) mass is 644 g/mol. The largest absolute Gasteiger partial charge is 0.462 e. The van der Waals surface area contributed by atoms with E-state index in [-0.39, 0.29) is 12.3 Å². The van der Waals surface area contributed by atoms with E-state index in [0.29, 0.717) is 31.8 Å². The maximum absolute atomic E-state index is 13.6. The average Bonchev–Trinajstić information content (AvgIpc) is 3.24. The molecular formula is C33H38F6O6. The molecule has 0 aromatic rings. The summed E-state index contributed by atoms with van der Waals surface area (Å²) in [5.41, 5.74) is -1.89. The highest BCUT2D eigenvalue weighted by atomic mass is 19.4. The number of fused-ring (bicyclic) bond motifs is 1. The highest BCUT2D eigenvalue weighted by molar-refractivity contribution is 5.68. The van der Waals surface area contributed by atoms with Gasteiger partial charge in [0.05, 0.1) is 0 Å². The molecule has 0 N–H and O–H groups in total. The van der Waals surface area contributed by atoms with Gasteiger partial charge in [-0.15, -0.1) is 0 Å². The fourth-order valence-corrected chi connectivity index (χ4v) is 6.79. The summed E-state index contributed by atoms with van der Waals surface area (Å²) >= 11 is 0. The molecule has 45 heavy (non-hydrogen) atoms. The Kier molecular flexibility index (Phi) is 10.8. The van der Waals surface area contributed by atoms with Gasteiger partial charge in [-0.2, -0.15) is 26.3 Å². The SMILES string of the molecule is C=C1C(=CC=C2CCC[C@]3(C)C(C(C)CC#CC(OC(C)=O)(C(F)(F)F)C(F)(F)F)=CCC23)CC(OC(C)=O)C[C@@H]1OC(C)=O. The minimum atomic E-state index is -5.99. The number of esters is 3. The van der Waals surface area contributed by atoms with Crippen LogP contribution in [0.15, 0.2) is 47.1 Å². The lowest BCUT2D eigenvalue weighted by Gasteiger charge is -2.42. The van der Waals surface area contributed by atoms with Crippen molar-refractivity contribution in [2.75, 3.05) is 0 Å². The van der Waals surface area contributed by atoms with Gasteiger partial charge in [-0.05, 0) is 60.0 Å². The first-order chi connectivity index (χ1) is 20.7. The van der Waals surface area contributed by atoms with Gasteiger partial charge in [-0.3, -0.25) is 14.4 Å². The molecular weight excluding hydrogens is 606 g/mol. The topological polar surface area (TPSA) is 78.9 Å². The van der Waals surface area contributed by atoms with E-state index in [1.807, 2.05) is 31.1 Å². The Morgan fingerprint density at radius 2 is 1.67 bits per heavy atom.